The number of hydrogen-bond acceptors (Lipinski definition) is 3. The van der Waals surface area contributed by atoms with Crippen molar-refractivity contribution in [1.29, 1.82) is 0 Å². The van der Waals surface area contributed by atoms with Gasteiger partial charge in [0.15, 0.2) is 0 Å². The monoisotopic (exact) mass is 526 g/mol. The Hall–Kier alpha value is -3.32. The van der Waals surface area contributed by atoms with Crippen LogP contribution in [0.1, 0.15) is 90.4 Å². The molecular weight excluding hydrogens is 493 g/mol. The summed E-state index contributed by atoms with van der Waals surface area (Å²) in [4.78, 5) is 11.2. The first-order valence-corrected chi connectivity index (χ1v) is 12.6. The third kappa shape index (κ3) is 5.88. The van der Waals surface area contributed by atoms with Crippen LogP contribution in [-0.4, -0.2) is 17.4 Å². The van der Waals surface area contributed by atoms with Gasteiger partial charge in [0.25, 0.3) is 0 Å². The highest BCUT2D eigenvalue weighted by atomic mass is 19.4. The lowest BCUT2D eigenvalue weighted by molar-refractivity contribution is -0.275. The predicted molar refractivity (Wildman–Crippen MR) is 140 cm³/mol. The number of carboxylic acid groups (broad SMARTS) is 1. The molecule has 0 saturated heterocycles. The van der Waals surface area contributed by atoms with Crippen LogP contribution in [0.25, 0.3) is 0 Å². The van der Waals surface area contributed by atoms with Crippen LogP contribution in [0.2, 0.25) is 0 Å². The number of fused-ring (bicyclic) bond motifs is 1. The van der Waals surface area contributed by atoms with Gasteiger partial charge in [0, 0.05) is 5.56 Å². The van der Waals surface area contributed by atoms with E-state index in [2.05, 4.69) is 44.6 Å². The van der Waals surface area contributed by atoms with E-state index in [-0.39, 0.29) is 34.3 Å². The predicted octanol–water partition coefficient (Wildman–Crippen LogP) is 8.25. The summed E-state index contributed by atoms with van der Waals surface area (Å²) < 4.78 is 50.7. The minimum Gasteiger partial charge on any atom is -0.478 e. The van der Waals surface area contributed by atoms with Gasteiger partial charge in [-0.2, -0.15) is 0 Å². The molecule has 1 unspecified atom stereocenters. The van der Waals surface area contributed by atoms with Crippen LogP contribution in [0.3, 0.4) is 0 Å². The molecule has 0 fully saturated rings. The van der Waals surface area contributed by atoms with Crippen molar-refractivity contribution in [3.63, 3.8) is 0 Å². The molecule has 0 radical (unpaired) electrons. The lowest BCUT2D eigenvalue weighted by Crippen LogP contribution is -2.34. The third-order valence-corrected chi connectivity index (χ3v) is 7.57. The highest BCUT2D eigenvalue weighted by Crippen LogP contribution is 2.48. The molecule has 0 spiro atoms. The molecule has 0 saturated carbocycles. The highest BCUT2D eigenvalue weighted by molar-refractivity contribution is 5.87. The van der Waals surface area contributed by atoms with E-state index in [1.54, 1.807) is 24.3 Å². The van der Waals surface area contributed by atoms with Gasteiger partial charge in [-0.15, -0.1) is 13.2 Å². The van der Waals surface area contributed by atoms with Crippen molar-refractivity contribution < 1.29 is 32.5 Å². The van der Waals surface area contributed by atoms with E-state index in [1.807, 2.05) is 6.92 Å². The van der Waals surface area contributed by atoms with Crippen molar-refractivity contribution in [2.75, 3.05) is 0 Å². The molecule has 4 nitrogen and oxygen atoms in total. The van der Waals surface area contributed by atoms with Gasteiger partial charge in [-0.3, -0.25) is 0 Å². The van der Waals surface area contributed by atoms with Gasteiger partial charge in [0.05, 0.1) is 12.2 Å². The van der Waals surface area contributed by atoms with Gasteiger partial charge in [-0.05, 0) is 76.6 Å². The summed E-state index contributed by atoms with van der Waals surface area (Å²) in [6, 6.07) is 16.5. The molecule has 0 aromatic heterocycles. The Labute approximate surface area is 221 Å². The average molecular weight is 527 g/mol. The Kier molecular flexibility index (Phi) is 7.36. The van der Waals surface area contributed by atoms with Gasteiger partial charge in [0.2, 0.25) is 0 Å². The van der Waals surface area contributed by atoms with Gasteiger partial charge in [-0.25, -0.2) is 4.79 Å². The van der Waals surface area contributed by atoms with Gasteiger partial charge >= 0.3 is 12.3 Å². The van der Waals surface area contributed by atoms with Crippen LogP contribution in [0.15, 0.2) is 60.7 Å². The Morgan fingerprint density at radius 2 is 1.50 bits per heavy atom. The summed E-state index contributed by atoms with van der Waals surface area (Å²) in [7, 11) is 0. The molecule has 4 rings (SSSR count). The van der Waals surface area contributed by atoms with Crippen molar-refractivity contribution >= 4 is 5.97 Å². The molecule has 3 aromatic carbocycles. The smallest absolute Gasteiger partial charge is 0.478 e. The summed E-state index contributed by atoms with van der Waals surface area (Å²) in [5, 5.41) is 9.18. The zero-order valence-electron chi connectivity index (χ0n) is 22.3. The van der Waals surface area contributed by atoms with E-state index in [4.69, 9.17) is 4.74 Å². The standard InChI is InChI=1S/C31H33F3O4/c1-19-16-24-25(30(4,5)15-14-29(24,2)3)17-23(19)27(22-8-6-7-9-26(22)38-31(32,33)34)37-18-20-10-12-21(13-11-20)28(35)36/h6-13,16-17,27H,14-15,18H2,1-5H3,(H,35,36). The second-order valence-electron chi connectivity index (χ2n) is 11.3. The zero-order chi connectivity index (χ0) is 27.9. The van der Waals surface area contributed by atoms with Crippen LogP contribution >= 0.6 is 0 Å². The minimum atomic E-state index is -4.86. The maximum Gasteiger partial charge on any atom is 0.573 e. The number of carboxylic acids is 1. The molecule has 7 heteroatoms. The Balaban J connectivity index is 1.82. The molecule has 0 amide bonds. The molecule has 1 atom stereocenters. The van der Waals surface area contributed by atoms with Crippen LogP contribution in [0, 0.1) is 6.92 Å². The number of alkyl halides is 3. The summed E-state index contributed by atoms with van der Waals surface area (Å²) in [6.07, 6.45) is -3.67. The number of benzene rings is 3. The SMILES string of the molecule is Cc1cc2c(cc1C(OCc1ccc(C(=O)O)cc1)c1ccccc1OC(F)(F)F)C(C)(C)CCC2(C)C. The number of para-hydroxylation sites is 1. The third-order valence-electron chi connectivity index (χ3n) is 7.57. The van der Waals surface area contributed by atoms with Crippen molar-refractivity contribution in [2.45, 2.75) is 77.4 Å². The maximum atomic E-state index is 13.3. The maximum absolute atomic E-state index is 13.3. The normalized spacial score (nSPS) is 16.9. The molecule has 0 aliphatic heterocycles. The number of aromatic carboxylic acids is 1. The van der Waals surface area contributed by atoms with Crippen molar-refractivity contribution in [3.8, 4) is 5.75 Å². The Morgan fingerprint density at radius 1 is 0.921 bits per heavy atom. The fraction of sp³-hybridized carbons (Fsp3) is 0.387. The molecule has 0 heterocycles. The Morgan fingerprint density at radius 3 is 2.08 bits per heavy atom. The molecule has 1 aliphatic rings. The van der Waals surface area contributed by atoms with Gasteiger partial charge in [0.1, 0.15) is 11.9 Å². The summed E-state index contributed by atoms with van der Waals surface area (Å²) in [5.41, 5.74) is 5.09. The first-order chi connectivity index (χ1) is 17.7. The topological polar surface area (TPSA) is 55.8 Å². The Bertz CT molecular complexity index is 1320. The highest BCUT2D eigenvalue weighted by Gasteiger charge is 2.39. The van der Waals surface area contributed by atoms with E-state index in [0.29, 0.717) is 5.56 Å². The molecule has 0 bridgehead atoms. The van der Waals surface area contributed by atoms with Gasteiger partial charge in [-0.1, -0.05) is 70.2 Å². The van der Waals surface area contributed by atoms with Crippen molar-refractivity contribution in [2.24, 2.45) is 0 Å². The summed E-state index contributed by atoms with van der Waals surface area (Å²) >= 11 is 0. The minimum absolute atomic E-state index is 0.0202. The summed E-state index contributed by atoms with van der Waals surface area (Å²) in [5.74, 6) is -1.35. The first kappa shape index (κ1) is 27.7. The second kappa shape index (κ2) is 10.1. The van der Waals surface area contributed by atoms with E-state index in [1.165, 1.54) is 35.4 Å². The van der Waals surface area contributed by atoms with E-state index >= 15 is 0 Å². The van der Waals surface area contributed by atoms with Crippen LogP contribution in [-0.2, 0) is 22.2 Å². The van der Waals surface area contributed by atoms with E-state index in [9.17, 15) is 23.1 Å². The lowest BCUT2D eigenvalue weighted by Gasteiger charge is -2.42. The second-order valence-corrected chi connectivity index (χ2v) is 11.3. The van der Waals surface area contributed by atoms with E-state index < -0.39 is 18.4 Å². The molecule has 202 valence electrons. The van der Waals surface area contributed by atoms with E-state index in [0.717, 1.165) is 24.0 Å². The van der Waals surface area contributed by atoms with Crippen LogP contribution < -0.4 is 4.74 Å². The molecular formula is C31H33F3O4. The zero-order valence-corrected chi connectivity index (χ0v) is 22.3. The van der Waals surface area contributed by atoms with Crippen LogP contribution in [0.5, 0.6) is 5.75 Å². The summed E-state index contributed by atoms with van der Waals surface area (Å²) in [6.45, 7) is 10.9. The van der Waals surface area contributed by atoms with Crippen LogP contribution in [0.4, 0.5) is 13.2 Å². The first-order valence-electron chi connectivity index (χ1n) is 12.6. The quantitative estimate of drug-likeness (QED) is 0.337. The number of aryl methyl sites for hydroxylation is 1. The number of ether oxygens (including phenoxy) is 2. The number of hydrogen-bond donors (Lipinski definition) is 1. The largest absolute Gasteiger partial charge is 0.573 e. The molecule has 1 aliphatic carbocycles. The number of halogens is 3. The van der Waals surface area contributed by atoms with Crippen molar-refractivity contribution in [3.05, 3.63) is 99.6 Å². The average Bonchev–Trinajstić information content (AvgIpc) is 2.83. The fourth-order valence-electron chi connectivity index (χ4n) is 5.21. The number of rotatable bonds is 7. The fourth-order valence-corrected chi connectivity index (χ4v) is 5.21. The molecule has 38 heavy (non-hydrogen) atoms. The molecule has 1 N–H and O–H groups in total. The number of carbonyl (C=O) groups is 1. The lowest BCUT2D eigenvalue weighted by atomic mass is 9.62. The molecule has 3 aromatic rings. The van der Waals surface area contributed by atoms with Gasteiger partial charge < -0.3 is 14.6 Å². The van der Waals surface area contributed by atoms with Crippen molar-refractivity contribution in [1.82, 2.24) is 0 Å².